The molecule has 0 N–H and O–H groups in total. The van der Waals surface area contributed by atoms with Crippen LogP contribution in [0.3, 0.4) is 0 Å². The SMILES string of the molecule is C=C(OC/C=C/C=C/c1ccccc1)[Si](C)(C)C. The fourth-order valence-electron chi connectivity index (χ4n) is 1.23. The van der Waals surface area contributed by atoms with Gasteiger partial charge >= 0.3 is 0 Å². The summed E-state index contributed by atoms with van der Waals surface area (Å²) < 4.78 is 5.61. The highest BCUT2D eigenvalue weighted by molar-refractivity contribution is 6.82. The van der Waals surface area contributed by atoms with Crippen molar-refractivity contribution in [2.24, 2.45) is 0 Å². The van der Waals surface area contributed by atoms with E-state index < -0.39 is 8.07 Å². The number of rotatable bonds is 6. The zero-order chi connectivity index (χ0) is 13.4. The van der Waals surface area contributed by atoms with E-state index in [1.165, 1.54) is 5.56 Å². The minimum absolute atomic E-state index is 0.599. The minimum Gasteiger partial charge on any atom is -0.500 e. The van der Waals surface area contributed by atoms with E-state index in [4.69, 9.17) is 4.74 Å². The van der Waals surface area contributed by atoms with Crippen molar-refractivity contribution in [3.05, 3.63) is 66.1 Å². The molecular formula is C16H22OSi. The summed E-state index contributed by atoms with van der Waals surface area (Å²) in [5.74, 6) is 0. The quantitative estimate of drug-likeness (QED) is 0.409. The monoisotopic (exact) mass is 258 g/mol. The number of benzene rings is 1. The topological polar surface area (TPSA) is 9.23 Å². The highest BCUT2D eigenvalue weighted by atomic mass is 28.3. The molecule has 1 aromatic rings. The van der Waals surface area contributed by atoms with Crippen molar-refractivity contribution in [3.63, 3.8) is 0 Å². The minimum atomic E-state index is -1.35. The third kappa shape index (κ3) is 5.69. The molecule has 0 saturated carbocycles. The average molecular weight is 258 g/mol. The second-order valence-corrected chi connectivity index (χ2v) is 10.2. The van der Waals surface area contributed by atoms with E-state index in [1.807, 2.05) is 36.4 Å². The van der Waals surface area contributed by atoms with Crippen LogP contribution in [-0.4, -0.2) is 14.7 Å². The predicted octanol–water partition coefficient (Wildman–Crippen LogP) is 4.66. The summed E-state index contributed by atoms with van der Waals surface area (Å²) in [6.07, 6.45) is 8.11. The number of ether oxygens (including phenoxy) is 1. The molecule has 0 aromatic heterocycles. The molecule has 0 bridgehead atoms. The lowest BCUT2D eigenvalue weighted by Gasteiger charge is -2.18. The molecule has 18 heavy (non-hydrogen) atoms. The van der Waals surface area contributed by atoms with Gasteiger partial charge in [0.1, 0.15) is 14.7 Å². The predicted molar refractivity (Wildman–Crippen MR) is 83.1 cm³/mol. The van der Waals surface area contributed by atoms with Crippen LogP contribution in [0.15, 0.2) is 60.5 Å². The Morgan fingerprint density at radius 1 is 1.17 bits per heavy atom. The van der Waals surface area contributed by atoms with Crippen molar-refractivity contribution >= 4 is 14.1 Å². The highest BCUT2D eigenvalue weighted by Crippen LogP contribution is 2.13. The molecule has 0 heterocycles. The van der Waals surface area contributed by atoms with E-state index in [0.717, 1.165) is 5.38 Å². The van der Waals surface area contributed by atoms with Crippen molar-refractivity contribution in [2.45, 2.75) is 19.6 Å². The first kappa shape index (κ1) is 14.5. The summed E-state index contributed by atoms with van der Waals surface area (Å²) in [6, 6.07) is 10.2. The van der Waals surface area contributed by atoms with Gasteiger partial charge in [-0.05, 0) is 11.6 Å². The van der Waals surface area contributed by atoms with Crippen LogP contribution in [0.4, 0.5) is 0 Å². The van der Waals surface area contributed by atoms with Crippen LogP contribution in [0.2, 0.25) is 19.6 Å². The molecule has 1 nitrogen and oxygen atoms in total. The van der Waals surface area contributed by atoms with E-state index in [0.29, 0.717) is 6.61 Å². The molecular weight excluding hydrogens is 236 g/mol. The summed E-state index contributed by atoms with van der Waals surface area (Å²) in [4.78, 5) is 0. The lowest BCUT2D eigenvalue weighted by molar-refractivity contribution is 0.271. The van der Waals surface area contributed by atoms with Crippen LogP contribution < -0.4 is 0 Å². The highest BCUT2D eigenvalue weighted by Gasteiger charge is 2.18. The molecule has 2 heteroatoms. The maximum absolute atomic E-state index is 5.61. The van der Waals surface area contributed by atoms with Gasteiger partial charge in [-0.25, -0.2) is 0 Å². The maximum Gasteiger partial charge on any atom is 0.121 e. The van der Waals surface area contributed by atoms with Crippen molar-refractivity contribution in [1.29, 1.82) is 0 Å². The van der Waals surface area contributed by atoms with Gasteiger partial charge in [0, 0.05) is 0 Å². The third-order valence-electron chi connectivity index (χ3n) is 2.53. The Morgan fingerprint density at radius 2 is 1.83 bits per heavy atom. The summed E-state index contributed by atoms with van der Waals surface area (Å²) in [5.41, 5.74) is 1.20. The Morgan fingerprint density at radius 3 is 2.44 bits per heavy atom. The molecule has 0 spiro atoms. The number of hydrogen-bond donors (Lipinski definition) is 0. The van der Waals surface area contributed by atoms with Crippen LogP contribution >= 0.6 is 0 Å². The molecule has 0 aliphatic carbocycles. The van der Waals surface area contributed by atoms with Crippen LogP contribution in [0.5, 0.6) is 0 Å². The normalized spacial score (nSPS) is 12.2. The second-order valence-electron chi connectivity index (χ2n) is 5.18. The van der Waals surface area contributed by atoms with E-state index in [1.54, 1.807) is 0 Å². The van der Waals surface area contributed by atoms with Gasteiger partial charge in [0.05, 0.1) is 5.38 Å². The van der Waals surface area contributed by atoms with Gasteiger partial charge in [0.2, 0.25) is 0 Å². The lowest BCUT2D eigenvalue weighted by atomic mass is 10.2. The summed E-state index contributed by atoms with van der Waals surface area (Å²) in [6.45, 7) is 11.3. The van der Waals surface area contributed by atoms with Gasteiger partial charge in [-0.2, -0.15) is 0 Å². The summed E-state index contributed by atoms with van der Waals surface area (Å²) >= 11 is 0. The van der Waals surface area contributed by atoms with Gasteiger partial charge < -0.3 is 4.74 Å². The fraction of sp³-hybridized carbons (Fsp3) is 0.250. The van der Waals surface area contributed by atoms with Crippen molar-refractivity contribution in [2.75, 3.05) is 6.61 Å². The molecule has 0 unspecified atom stereocenters. The largest absolute Gasteiger partial charge is 0.500 e. The Kier molecular flexibility index (Phi) is 5.66. The zero-order valence-electron chi connectivity index (χ0n) is 11.5. The molecule has 1 aromatic carbocycles. The Bertz CT molecular complexity index is 424. The summed E-state index contributed by atoms with van der Waals surface area (Å²) in [7, 11) is -1.35. The van der Waals surface area contributed by atoms with Crippen molar-refractivity contribution in [1.82, 2.24) is 0 Å². The number of allylic oxidation sites excluding steroid dienone is 2. The van der Waals surface area contributed by atoms with Crippen LogP contribution in [-0.2, 0) is 4.74 Å². The van der Waals surface area contributed by atoms with Crippen LogP contribution in [0, 0.1) is 0 Å². The standard InChI is InChI=1S/C16H22OSi/c1-15(18(2,3)4)17-14-10-6-9-13-16-11-7-5-8-12-16/h5-13H,1,14H2,2-4H3/b10-6+,13-9+. The van der Waals surface area contributed by atoms with Gasteiger partial charge in [-0.1, -0.05) is 74.8 Å². The van der Waals surface area contributed by atoms with Crippen molar-refractivity contribution < 1.29 is 4.74 Å². The van der Waals surface area contributed by atoms with Gasteiger partial charge in [-0.3, -0.25) is 0 Å². The van der Waals surface area contributed by atoms with Crippen molar-refractivity contribution in [3.8, 4) is 0 Å². The Balaban J connectivity index is 2.31. The number of hydrogen-bond acceptors (Lipinski definition) is 1. The first-order valence-electron chi connectivity index (χ1n) is 6.20. The molecule has 0 aliphatic heterocycles. The lowest BCUT2D eigenvalue weighted by Crippen LogP contribution is -2.25. The first-order valence-corrected chi connectivity index (χ1v) is 9.70. The van der Waals surface area contributed by atoms with Crippen LogP contribution in [0.1, 0.15) is 5.56 Å². The molecule has 0 aliphatic rings. The fourth-order valence-corrected chi connectivity index (χ4v) is 1.75. The van der Waals surface area contributed by atoms with E-state index >= 15 is 0 Å². The molecule has 1 rings (SSSR count). The second kappa shape index (κ2) is 7.02. The average Bonchev–Trinajstić information content (AvgIpc) is 2.33. The van der Waals surface area contributed by atoms with Crippen LogP contribution in [0.25, 0.3) is 6.08 Å². The van der Waals surface area contributed by atoms with Gasteiger partial charge in [0.25, 0.3) is 0 Å². The summed E-state index contributed by atoms with van der Waals surface area (Å²) in [5, 5.41) is 0.958. The Labute approximate surface area is 112 Å². The molecule has 0 saturated heterocycles. The molecule has 0 atom stereocenters. The first-order chi connectivity index (χ1) is 8.50. The van der Waals surface area contributed by atoms with E-state index in [9.17, 15) is 0 Å². The zero-order valence-corrected chi connectivity index (χ0v) is 12.5. The molecule has 96 valence electrons. The third-order valence-corrected chi connectivity index (χ3v) is 4.34. The van der Waals surface area contributed by atoms with E-state index in [2.05, 4.69) is 44.4 Å². The van der Waals surface area contributed by atoms with Gasteiger partial charge in [-0.15, -0.1) is 0 Å². The maximum atomic E-state index is 5.61. The van der Waals surface area contributed by atoms with Gasteiger partial charge in [0.15, 0.2) is 0 Å². The molecule has 0 fully saturated rings. The van der Waals surface area contributed by atoms with E-state index in [-0.39, 0.29) is 0 Å². The smallest absolute Gasteiger partial charge is 0.121 e. The molecule has 0 amide bonds. The Hall–Kier alpha value is -1.54. The molecule has 0 radical (unpaired) electrons.